The van der Waals surface area contributed by atoms with E-state index in [9.17, 15) is 4.39 Å². The van der Waals surface area contributed by atoms with Crippen LogP contribution in [0.3, 0.4) is 0 Å². The van der Waals surface area contributed by atoms with Crippen LogP contribution in [0.5, 0.6) is 5.75 Å². The Balaban J connectivity index is 1.55. The van der Waals surface area contributed by atoms with Gasteiger partial charge in [-0.15, -0.1) is 0 Å². The second kappa shape index (κ2) is 10.6. The summed E-state index contributed by atoms with van der Waals surface area (Å²) in [5, 5.41) is 0. The molecule has 0 radical (unpaired) electrons. The lowest BCUT2D eigenvalue weighted by molar-refractivity contribution is -0.0490. The van der Waals surface area contributed by atoms with Gasteiger partial charge in [0.05, 0.1) is 19.8 Å². The summed E-state index contributed by atoms with van der Waals surface area (Å²) in [5.41, 5.74) is 2.78. The van der Waals surface area contributed by atoms with Gasteiger partial charge in [0.25, 0.3) is 0 Å². The molecule has 3 aromatic carbocycles. The van der Waals surface area contributed by atoms with Gasteiger partial charge >= 0.3 is 0 Å². The molecule has 0 spiro atoms. The van der Waals surface area contributed by atoms with Crippen molar-refractivity contribution in [2.45, 2.75) is 26.2 Å². The van der Waals surface area contributed by atoms with Crippen LogP contribution in [-0.2, 0) is 22.7 Å². The van der Waals surface area contributed by atoms with Gasteiger partial charge in [-0.2, -0.15) is 0 Å². The molecule has 0 saturated heterocycles. The number of rotatable bonds is 10. The standard InChI is InChI=1S/C24H25FO3/c1-19-12-13-22(14-24(19)25)28-18-23(27-16-21-10-6-3-7-11-21)17-26-15-20-8-4-2-5-9-20/h2-14,23H,15-18H2,1H3/t23-/m1/s1. The first-order valence-corrected chi connectivity index (χ1v) is 9.37. The van der Waals surface area contributed by atoms with Gasteiger partial charge in [-0.3, -0.25) is 0 Å². The Kier molecular flexibility index (Phi) is 7.59. The average Bonchev–Trinajstić information content (AvgIpc) is 2.73. The minimum Gasteiger partial charge on any atom is -0.491 e. The molecule has 3 aromatic rings. The fourth-order valence-electron chi connectivity index (χ4n) is 2.67. The summed E-state index contributed by atoms with van der Waals surface area (Å²) in [5.74, 6) is 0.207. The summed E-state index contributed by atoms with van der Waals surface area (Å²) in [6, 6.07) is 24.8. The highest BCUT2D eigenvalue weighted by molar-refractivity contribution is 5.28. The lowest BCUT2D eigenvalue weighted by Crippen LogP contribution is -2.27. The van der Waals surface area contributed by atoms with E-state index in [1.165, 1.54) is 6.07 Å². The van der Waals surface area contributed by atoms with Gasteiger partial charge < -0.3 is 14.2 Å². The molecule has 146 valence electrons. The predicted molar refractivity (Wildman–Crippen MR) is 108 cm³/mol. The van der Waals surface area contributed by atoms with Crippen molar-refractivity contribution in [1.29, 1.82) is 0 Å². The van der Waals surface area contributed by atoms with E-state index in [0.717, 1.165) is 11.1 Å². The molecule has 0 bridgehead atoms. The maximum atomic E-state index is 13.7. The van der Waals surface area contributed by atoms with E-state index < -0.39 is 0 Å². The van der Waals surface area contributed by atoms with Crippen LogP contribution in [0.25, 0.3) is 0 Å². The van der Waals surface area contributed by atoms with E-state index in [2.05, 4.69) is 0 Å². The minimum atomic E-state index is -0.278. The Hall–Kier alpha value is -2.69. The molecule has 0 fully saturated rings. The van der Waals surface area contributed by atoms with Gasteiger partial charge in [-0.1, -0.05) is 66.7 Å². The zero-order valence-electron chi connectivity index (χ0n) is 16.0. The van der Waals surface area contributed by atoms with Crippen LogP contribution in [-0.4, -0.2) is 19.3 Å². The molecule has 0 saturated carbocycles. The number of halogens is 1. The number of hydrogen-bond donors (Lipinski definition) is 0. The summed E-state index contributed by atoms with van der Waals surface area (Å²) in [6.07, 6.45) is -0.270. The first-order chi connectivity index (χ1) is 13.7. The molecule has 0 aromatic heterocycles. The van der Waals surface area contributed by atoms with Gasteiger partial charge in [0, 0.05) is 6.07 Å². The molecule has 0 heterocycles. The lowest BCUT2D eigenvalue weighted by Gasteiger charge is -2.19. The first-order valence-electron chi connectivity index (χ1n) is 9.37. The SMILES string of the molecule is Cc1ccc(OC[C@@H](COCc2ccccc2)OCc2ccccc2)cc1F. The largest absolute Gasteiger partial charge is 0.491 e. The summed E-state index contributed by atoms with van der Waals surface area (Å²) < 4.78 is 31.3. The average molecular weight is 380 g/mol. The highest BCUT2D eigenvalue weighted by Crippen LogP contribution is 2.17. The van der Waals surface area contributed by atoms with Gasteiger partial charge in [0.15, 0.2) is 0 Å². The van der Waals surface area contributed by atoms with Crippen molar-refractivity contribution in [2.24, 2.45) is 0 Å². The fourth-order valence-corrected chi connectivity index (χ4v) is 2.67. The molecule has 1 atom stereocenters. The Morgan fingerprint density at radius 3 is 2.07 bits per heavy atom. The lowest BCUT2D eigenvalue weighted by atomic mass is 10.2. The van der Waals surface area contributed by atoms with Crippen LogP contribution in [0.15, 0.2) is 78.9 Å². The molecule has 3 nitrogen and oxygen atoms in total. The maximum Gasteiger partial charge on any atom is 0.129 e. The van der Waals surface area contributed by atoms with Crippen LogP contribution < -0.4 is 4.74 Å². The number of aryl methyl sites for hydroxylation is 1. The zero-order chi connectivity index (χ0) is 19.6. The highest BCUT2D eigenvalue weighted by Gasteiger charge is 2.12. The zero-order valence-corrected chi connectivity index (χ0v) is 16.0. The number of hydrogen-bond acceptors (Lipinski definition) is 3. The molecule has 0 amide bonds. The molecule has 0 aliphatic carbocycles. The third kappa shape index (κ3) is 6.48. The van der Waals surface area contributed by atoms with Crippen molar-refractivity contribution in [3.63, 3.8) is 0 Å². The minimum absolute atomic E-state index is 0.270. The Morgan fingerprint density at radius 2 is 1.43 bits per heavy atom. The van der Waals surface area contributed by atoms with Gasteiger partial charge in [0.2, 0.25) is 0 Å². The summed E-state index contributed by atoms with van der Waals surface area (Å²) in [4.78, 5) is 0. The van der Waals surface area contributed by atoms with Crippen LogP contribution in [0.1, 0.15) is 16.7 Å². The third-order valence-corrected chi connectivity index (χ3v) is 4.32. The molecular formula is C24H25FO3. The van der Waals surface area contributed by atoms with Crippen LogP contribution in [0.2, 0.25) is 0 Å². The summed E-state index contributed by atoms with van der Waals surface area (Å²) >= 11 is 0. The van der Waals surface area contributed by atoms with Crippen molar-refractivity contribution in [2.75, 3.05) is 13.2 Å². The monoisotopic (exact) mass is 380 g/mol. The van der Waals surface area contributed by atoms with E-state index in [4.69, 9.17) is 14.2 Å². The molecule has 0 aliphatic rings. The molecule has 3 rings (SSSR count). The second-order valence-corrected chi connectivity index (χ2v) is 6.64. The number of benzene rings is 3. The van der Waals surface area contributed by atoms with Crippen molar-refractivity contribution < 1.29 is 18.6 Å². The van der Waals surface area contributed by atoms with Crippen molar-refractivity contribution in [1.82, 2.24) is 0 Å². The van der Waals surface area contributed by atoms with E-state index in [1.54, 1.807) is 19.1 Å². The Morgan fingerprint density at radius 1 is 0.786 bits per heavy atom. The van der Waals surface area contributed by atoms with E-state index in [1.807, 2.05) is 60.7 Å². The highest BCUT2D eigenvalue weighted by atomic mass is 19.1. The summed E-state index contributed by atoms with van der Waals surface area (Å²) in [6.45, 7) is 3.36. The Bertz CT molecular complexity index is 837. The topological polar surface area (TPSA) is 27.7 Å². The predicted octanol–water partition coefficient (Wildman–Crippen LogP) is 5.32. The maximum absolute atomic E-state index is 13.7. The van der Waals surface area contributed by atoms with Gasteiger partial charge in [-0.05, 0) is 29.7 Å². The molecule has 0 N–H and O–H groups in total. The second-order valence-electron chi connectivity index (χ2n) is 6.64. The van der Waals surface area contributed by atoms with Gasteiger partial charge in [-0.25, -0.2) is 4.39 Å². The Labute approximate surface area is 165 Å². The normalized spacial score (nSPS) is 11.9. The molecule has 0 aliphatic heterocycles. The van der Waals surface area contributed by atoms with Crippen LogP contribution in [0, 0.1) is 12.7 Å². The molecule has 4 heteroatoms. The van der Waals surface area contributed by atoms with E-state index in [0.29, 0.717) is 31.1 Å². The van der Waals surface area contributed by atoms with Gasteiger partial charge in [0.1, 0.15) is 24.3 Å². The van der Waals surface area contributed by atoms with E-state index >= 15 is 0 Å². The third-order valence-electron chi connectivity index (χ3n) is 4.32. The molecule has 0 unspecified atom stereocenters. The van der Waals surface area contributed by atoms with Crippen molar-refractivity contribution >= 4 is 0 Å². The molecular weight excluding hydrogens is 355 g/mol. The van der Waals surface area contributed by atoms with Crippen LogP contribution in [0.4, 0.5) is 4.39 Å². The smallest absolute Gasteiger partial charge is 0.129 e. The van der Waals surface area contributed by atoms with Crippen molar-refractivity contribution in [3.05, 3.63) is 101 Å². The quantitative estimate of drug-likeness (QED) is 0.477. The van der Waals surface area contributed by atoms with E-state index in [-0.39, 0.29) is 18.5 Å². The number of ether oxygens (including phenoxy) is 3. The summed E-state index contributed by atoms with van der Waals surface area (Å²) in [7, 11) is 0. The van der Waals surface area contributed by atoms with Crippen molar-refractivity contribution in [3.8, 4) is 5.75 Å². The van der Waals surface area contributed by atoms with Crippen LogP contribution >= 0.6 is 0 Å². The fraction of sp³-hybridized carbons (Fsp3) is 0.250. The first kappa shape index (κ1) is 20.1. The molecule has 28 heavy (non-hydrogen) atoms.